The zero-order valence-corrected chi connectivity index (χ0v) is 12.3. The number of hydrogen-bond acceptors (Lipinski definition) is 2. The van der Waals surface area contributed by atoms with Crippen LogP contribution in [0.2, 0.25) is 0 Å². The van der Waals surface area contributed by atoms with Crippen molar-refractivity contribution in [3.05, 3.63) is 51.8 Å². The smallest absolute Gasteiger partial charge is 0.0522 e. The van der Waals surface area contributed by atoms with Crippen molar-refractivity contribution in [2.24, 2.45) is 5.73 Å². The van der Waals surface area contributed by atoms with Gasteiger partial charge in [-0.05, 0) is 37.5 Å². The highest BCUT2D eigenvalue weighted by Gasteiger charge is 2.12. The number of nitrogens with zero attached hydrogens (tertiary/aromatic N) is 2. The number of halogens is 1. The van der Waals surface area contributed by atoms with Crippen LogP contribution in [-0.4, -0.2) is 9.78 Å². The Balaban J connectivity index is 2.16. The van der Waals surface area contributed by atoms with Crippen LogP contribution in [0.5, 0.6) is 0 Å². The van der Waals surface area contributed by atoms with Crippen LogP contribution in [-0.2, 0) is 13.0 Å². The first-order valence-electron chi connectivity index (χ1n) is 6.13. The molecule has 0 aliphatic heterocycles. The number of aromatic nitrogens is 2. The highest BCUT2D eigenvalue weighted by Crippen LogP contribution is 2.25. The summed E-state index contributed by atoms with van der Waals surface area (Å²) < 4.78 is 3.00. The second kappa shape index (κ2) is 5.67. The van der Waals surface area contributed by atoms with E-state index in [1.54, 1.807) is 0 Å². The van der Waals surface area contributed by atoms with Gasteiger partial charge < -0.3 is 5.73 Å². The molecule has 1 aromatic carbocycles. The van der Waals surface area contributed by atoms with E-state index in [1.165, 1.54) is 11.1 Å². The average Bonchev–Trinajstić information content (AvgIpc) is 2.80. The molecule has 0 spiro atoms. The molecule has 1 atom stereocenters. The van der Waals surface area contributed by atoms with Crippen molar-refractivity contribution in [2.75, 3.05) is 0 Å². The number of benzene rings is 1. The van der Waals surface area contributed by atoms with Gasteiger partial charge in [-0.3, -0.25) is 4.68 Å². The van der Waals surface area contributed by atoms with Crippen molar-refractivity contribution in [3.63, 3.8) is 0 Å². The first kappa shape index (κ1) is 13.3. The van der Waals surface area contributed by atoms with Crippen molar-refractivity contribution < 1.29 is 0 Å². The maximum atomic E-state index is 6.28. The molecule has 0 saturated heterocycles. The predicted molar refractivity (Wildman–Crippen MR) is 77.4 cm³/mol. The molecule has 1 unspecified atom stereocenters. The summed E-state index contributed by atoms with van der Waals surface area (Å²) in [7, 11) is 0. The van der Waals surface area contributed by atoms with Gasteiger partial charge in [-0.15, -0.1) is 0 Å². The van der Waals surface area contributed by atoms with Crippen LogP contribution in [0.25, 0.3) is 0 Å². The summed E-state index contributed by atoms with van der Waals surface area (Å²) in [4.78, 5) is 0. The number of rotatable bonds is 4. The molecule has 0 aliphatic rings. The van der Waals surface area contributed by atoms with Crippen LogP contribution in [0, 0.1) is 6.92 Å². The minimum absolute atomic E-state index is 0.00576. The molecule has 0 saturated carbocycles. The molecule has 2 aromatic rings. The molecule has 0 bridgehead atoms. The van der Waals surface area contributed by atoms with Crippen LogP contribution in [0.4, 0.5) is 0 Å². The standard InChI is InChI=1S/C14H18BrN3/c1-3-18-9-11(8-17-18)7-14(16)12-6-10(2)4-5-13(12)15/h4-6,8-9,14H,3,7,16H2,1-2H3. The number of hydrogen-bond donors (Lipinski definition) is 1. The van der Waals surface area contributed by atoms with Gasteiger partial charge in [0.25, 0.3) is 0 Å². The van der Waals surface area contributed by atoms with Gasteiger partial charge in [0.2, 0.25) is 0 Å². The summed E-state index contributed by atoms with van der Waals surface area (Å²) in [6.45, 7) is 5.05. The molecule has 4 heteroatoms. The second-order valence-electron chi connectivity index (χ2n) is 4.54. The van der Waals surface area contributed by atoms with E-state index in [4.69, 9.17) is 5.73 Å². The molecule has 2 N–H and O–H groups in total. The van der Waals surface area contributed by atoms with Crippen LogP contribution in [0.15, 0.2) is 35.1 Å². The molecule has 0 radical (unpaired) electrons. The Kier molecular flexibility index (Phi) is 4.19. The monoisotopic (exact) mass is 307 g/mol. The lowest BCUT2D eigenvalue weighted by Gasteiger charge is -2.13. The minimum atomic E-state index is -0.00576. The van der Waals surface area contributed by atoms with E-state index in [2.05, 4.69) is 59.3 Å². The third-order valence-corrected chi connectivity index (χ3v) is 3.74. The Morgan fingerprint density at radius 1 is 1.44 bits per heavy atom. The Morgan fingerprint density at radius 3 is 2.89 bits per heavy atom. The zero-order chi connectivity index (χ0) is 13.1. The predicted octanol–water partition coefficient (Wildman–Crippen LogP) is 3.22. The molecule has 0 aliphatic carbocycles. The van der Waals surface area contributed by atoms with Crippen molar-refractivity contribution in [3.8, 4) is 0 Å². The van der Waals surface area contributed by atoms with E-state index in [-0.39, 0.29) is 6.04 Å². The van der Waals surface area contributed by atoms with Crippen molar-refractivity contribution in [1.29, 1.82) is 0 Å². The van der Waals surface area contributed by atoms with E-state index < -0.39 is 0 Å². The van der Waals surface area contributed by atoms with Crippen molar-refractivity contribution in [1.82, 2.24) is 9.78 Å². The molecule has 0 amide bonds. The van der Waals surface area contributed by atoms with Crippen LogP contribution < -0.4 is 5.73 Å². The van der Waals surface area contributed by atoms with Gasteiger partial charge in [0, 0.05) is 23.3 Å². The van der Waals surface area contributed by atoms with Gasteiger partial charge in [0.05, 0.1) is 6.20 Å². The van der Waals surface area contributed by atoms with E-state index in [1.807, 2.05) is 10.9 Å². The first-order valence-corrected chi connectivity index (χ1v) is 6.92. The Labute approximate surface area is 116 Å². The van der Waals surface area contributed by atoms with Crippen molar-refractivity contribution in [2.45, 2.75) is 32.9 Å². The van der Waals surface area contributed by atoms with E-state index in [9.17, 15) is 0 Å². The molecule has 1 aromatic heterocycles. The summed E-state index contributed by atoms with van der Waals surface area (Å²) in [5.41, 5.74) is 9.84. The molecular weight excluding hydrogens is 290 g/mol. The maximum Gasteiger partial charge on any atom is 0.0522 e. The Bertz CT molecular complexity index is 534. The van der Waals surface area contributed by atoms with Crippen LogP contribution >= 0.6 is 15.9 Å². The van der Waals surface area contributed by atoms with Crippen molar-refractivity contribution >= 4 is 15.9 Å². The summed E-state index contributed by atoms with van der Waals surface area (Å²) in [6, 6.07) is 6.27. The summed E-state index contributed by atoms with van der Waals surface area (Å²) in [6.07, 6.45) is 4.76. The van der Waals surface area contributed by atoms with Gasteiger partial charge >= 0.3 is 0 Å². The summed E-state index contributed by atoms with van der Waals surface area (Å²) in [5, 5.41) is 4.27. The van der Waals surface area contributed by atoms with E-state index in [0.717, 1.165) is 23.0 Å². The normalized spacial score (nSPS) is 12.7. The number of aryl methyl sites for hydroxylation is 2. The van der Waals surface area contributed by atoms with E-state index >= 15 is 0 Å². The largest absolute Gasteiger partial charge is 0.324 e. The third kappa shape index (κ3) is 3.00. The molecule has 18 heavy (non-hydrogen) atoms. The van der Waals surface area contributed by atoms with Crippen LogP contribution in [0.1, 0.15) is 29.7 Å². The SMILES string of the molecule is CCn1cc(CC(N)c2cc(C)ccc2Br)cn1. The molecule has 0 fully saturated rings. The summed E-state index contributed by atoms with van der Waals surface area (Å²) >= 11 is 3.56. The average molecular weight is 308 g/mol. The second-order valence-corrected chi connectivity index (χ2v) is 5.39. The number of nitrogens with two attached hydrogens (primary N) is 1. The molecule has 96 valence electrons. The maximum absolute atomic E-state index is 6.28. The van der Waals surface area contributed by atoms with Gasteiger partial charge in [-0.2, -0.15) is 5.10 Å². The molecular formula is C14H18BrN3. The quantitative estimate of drug-likeness (QED) is 0.942. The molecule has 2 rings (SSSR count). The fourth-order valence-corrected chi connectivity index (χ4v) is 2.54. The zero-order valence-electron chi connectivity index (χ0n) is 10.7. The lowest BCUT2D eigenvalue weighted by molar-refractivity contribution is 0.657. The third-order valence-electron chi connectivity index (χ3n) is 3.02. The fourth-order valence-electron chi connectivity index (χ4n) is 2.00. The minimum Gasteiger partial charge on any atom is -0.324 e. The fraction of sp³-hybridized carbons (Fsp3) is 0.357. The highest BCUT2D eigenvalue weighted by molar-refractivity contribution is 9.10. The summed E-state index contributed by atoms with van der Waals surface area (Å²) in [5.74, 6) is 0. The highest BCUT2D eigenvalue weighted by atomic mass is 79.9. The molecule has 3 nitrogen and oxygen atoms in total. The van der Waals surface area contributed by atoms with E-state index in [0.29, 0.717) is 0 Å². The van der Waals surface area contributed by atoms with Gasteiger partial charge in [0.1, 0.15) is 0 Å². The lowest BCUT2D eigenvalue weighted by atomic mass is 10.00. The Morgan fingerprint density at radius 2 is 2.22 bits per heavy atom. The molecule has 1 heterocycles. The lowest BCUT2D eigenvalue weighted by Crippen LogP contribution is -2.14. The van der Waals surface area contributed by atoms with Gasteiger partial charge in [-0.1, -0.05) is 33.6 Å². The van der Waals surface area contributed by atoms with Gasteiger partial charge in [0.15, 0.2) is 0 Å². The van der Waals surface area contributed by atoms with Crippen LogP contribution in [0.3, 0.4) is 0 Å². The first-order chi connectivity index (χ1) is 8.60. The topological polar surface area (TPSA) is 43.8 Å². The Hall–Kier alpha value is -1.13. The van der Waals surface area contributed by atoms with Gasteiger partial charge in [-0.25, -0.2) is 0 Å².